The summed E-state index contributed by atoms with van der Waals surface area (Å²) in [5.74, 6) is 0.528. The van der Waals surface area contributed by atoms with Crippen molar-refractivity contribution in [1.29, 1.82) is 0 Å². The zero-order valence-corrected chi connectivity index (χ0v) is 42.0. The second-order valence-electron chi connectivity index (χ2n) is 21.3. The maximum absolute atomic E-state index is 2.52. The molecule has 0 amide bonds. The summed E-state index contributed by atoms with van der Waals surface area (Å²) in [7, 11) is 0. The van der Waals surface area contributed by atoms with Crippen molar-refractivity contribution in [2.75, 3.05) is 4.90 Å². The van der Waals surface area contributed by atoms with Gasteiger partial charge in [0.2, 0.25) is 0 Å². The maximum atomic E-state index is 2.52. The molecule has 1 heterocycles. The molecule has 11 aromatic rings. The summed E-state index contributed by atoms with van der Waals surface area (Å²) >= 11 is 0. The highest BCUT2D eigenvalue weighted by atomic mass is 15.1. The van der Waals surface area contributed by atoms with Gasteiger partial charge in [0, 0.05) is 45.4 Å². The minimum Gasteiger partial charge on any atom is -0.313 e. The standard InChI is InChI=1S/C74H52N2/c1-2-18-51(19-3-1)73(65-27-11-4-20-57(65)58-21-5-12-28-66(58)73)52-38-44-54(45-39-52)75(53-40-34-49(35-41-53)50-36-42-55(43-37-50)76-71-32-16-9-25-63(71)64-26-10-17-33-72(64)76)56-46-47-62-61-24-8-15-31-69(61)74(70(62)48-56)67-29-13-6-22-59(67)60-23-7-14-30-68(60)74/h1-36,38-42,44-48,57,65H,37,43H2. The number of fused-ring (bicyclic) bond motifs is 16. The van der Waals surface area contributed by atoms with E-state index in [2.05, 4.69) is 289 Å². The first-order valence-electron chi connectivity index (χ1n) is 27.0. The summed E-state index contributed by atoms with van der Waals surface area (Å²) in [6.45, 7) is 0. The lowest BCUT2D eigenvalue weighted by atomic mass is 9.63. The molecule has 3 atom stereocenters. The van der Waals surface area contributed by atoms with Crippen LogP contribution in [-0.2, 0) is 10.8 Å². The van der Waals surface area contributed by atoms with Crippen molar-refractivity contribution in [1.82, 2.24) is 4.57 Å². The summed E-state index contributed by atoms with van der Waals surface area (Å²) in [6.07, 6.45) is 16.0. The van der Waals surface area contributed by atoms with E-state index in [4.69, 9.17) is 0 Å². The number of anilines is 3. The third-order valence-corrected chi connectivity index (χ3v) is 17.9. The van der Waals surface area contributed by atoms with Crippen LogP contribution in [-0.4, -0.2) is 4.57 Å². The monoisotopic (exact) mass is 968 g/mol. The van der Waals surface area contributed by atoms with E-state index in [9.17, 15) is 0 Å². The van der Waals surface area contributed by atoms with Crippen LogP contribution in [0.5, 0.6) is 0 Å². The summed E-state index contributed by atoms with van der Waals surface area (Å²) in [6, 6.07) is 91.7. The van der Waals surface area contributed by atoms with Crippen molar-refractivity contribution in [3.8, 4) is 22.3 Å². The third kappa shape index (κ3) is 5.93. The predicted molar refractivity (Wildman–Crippen MR) is 316 cm³/mol. The maximum Gasteiger partial charge on any atom is 0.0726 e. The molecule has 0 fully saturated rings. The summed E-state index contributed by atoms with van der Waals surface area (Å²) in [4.78, 5) is 2.50. The quantitative estimate of drug-likeness (QED) is 0.155. The Morgan fingerprint density at radius 3 is 1.54 bits per heavy atom. The van der Waals surface area contributed by atoms with Crippen molar-refractivity contribution < 1.29 is 0 Å². The predicted octanol–water partition coefficient (Wildman–Crippen LogP) is 18.5. The van der Waals surface area contributed by atoms with Gasteiger partial charge in [0.05, 0.1) is 21.9 Å². The highest BCUT2D eigenvalue weighted by molar-refractivity contribution is 6.10. The summed E-state index contributed by atoms with van der Waals surface area (Å²) in [5, 5.41) is 2.60. The van der Waals surface area contributed by atoms with Gasteiger partial charge in [0.15, 0.2) is 0 Å². The van der Waals surface area contributed by atoms with E-state index in [1.165, 1.54) is 105 Å². The molecule has 1 spiro atoms. The topological polar surface area (TPSA) is 8.17 Å². The van der Waals surface area contributed by atoms with E-state index in [0.29, 0.717) is 5.92 Å². The Balaban J connectivity index is 0.853. The van der Waals surface area contributed by atoms with Gasteiger partial charge in [-0.3, -0.25) is 0 Å². The molecule has 0 saturated heterocycles. The van der Waals surface area contributed by atoms with Crippen LogP contribution in [0.25, 0.3) is 55.3 Å². The first-order valence-corrected chi connectivity index (χ1v) is 27.0. The number of aromatic nitrogens is 1. The second-order valence-corrected chi connectivity index (χ2v) is 21.3. The fraction of sp³-hybridized carbons (Fsp3) is 0.0811. The minimum absolute atomic E-state index is 0.237. The molecule has 0 aliphatic heterocycles. The van der Waals surface area contributed by atoms with Gasteiger partial charge in [-0.05, 0) is 145 Å². The molecular formula is C74H52N2. The van der Waals surface area contributed by atoms with Crippen LogP contribution in [0.4, 0.5) is 17.1 Å². The highest BCUT2D eigenvalue weighted by Crippen LogP contribution is 2.64. The van der Waals surface area contributed by atoms with Gasteiger partial charge in [-0.25, -0.2) is 0 Å². The normalized spacial score (nSPS) is 18.9. The van der Waals surface area contributed by atoms with E-state index in [0.717, 1.165) is 29.9 Å². The molecule has 16 rings (SSSR count). The fourth-order valence-corrected chi connectivity index (χ4v) is 14.9. The van der Waals surface area contributed by atoms with Gasteiger partial charge in [-0.1, -0.05) is 225 Å². The number of allylic oxidation sites excluding steroid dienone is 8. The molecule has 2 nitrogen and oxygen atoms in total. The fourth-order valence-electron chi connectivity index (χ4n) is 14.9. The van der Waals surface area contributed by atoms with Crippen molar-refractivity contribution in [3.63, 3.8) is 0 Å². The first kappa shape index (κ1) is 43.2. The smallest absolute Gasteiger partial charge is 0.0726 e. The lowest BCUT2D eigenvalue weighted by Crippen LogP contribution is -2.35. The lowest BCUT2D eigenvalue weighted by Gasteiger charge is -2.39. The zero-order chi connectivity index (χ0) is 50.0. The molecule has 358 valence electrons. The van der Waals surface area contributed by atoms with Crippen LogP contribution < -0.4 is 4.90 Å². The first-order chi connectivity index (χ1) is 37.7. The van der Waals surface area contributed by atoms with Crippen LogP contribution in [0.3, 0.4) is 0 Å². The van der Waals surface area contributed by atoms with Crippen molar-refractivity contribution in [3.05, 3.63) is 329 Å². The zero-order valence-electron chi connectivity index (χ0n) is 42.0. The van der Waals surface area contributed by atoms with E-state index in [1.807, 2.05) is 0 Å². The summed E-state index contributed by atoms with van der Waals surface area (Å²) in [5.41, 5.74) is 25.1. The van der Waals surface area contributed by atoms with Gasteiger partial charge >= 0.3 is 0 Å². The van der Waals surface area contributed by atoms with Crippen LogP contribution >= 0.6 is 0 Å². The number of para-hydroxylation sites is 2. The highest BCUT2D eigenvalue weighted by Gasteiger charge is 2.54. The molecule has 3 unspecified atom stereocenters. The molecule has 10 aromatic carbocycles. The number of hydrogen-bond acceptors (Lipinski definition) is 1. The molecule has 5 aliphatic rings. The molecule has 2 heteroatoms. The number of hydrogen-bond donors (Lipinski definition) is 0. The van der Waals surface area contributed by atoms with Crippen LogP contribution in [0.15, 0.2) is 279 Å². The lowest BCUT2D eigenvalue weighted by molar-refractivity contribution is 0.457. The largest absolute Gasteiger partial charge is 0.313 e. The number of rotatable bonds is 7. The molecule has 1 aromatic heterocycles. The molecule has 76 heavy (non-hydrogen) atoms. The van der Waals surface area contributed by atoms with Crippen LogP contribution in [0, 0.1) is 5.92 Å². The molecule has 0 saturated carbocycles. The van der Waals surface area contributed by atoms with Gasteiger partial charge in [0.1, 0.15) is 0 Å². The Morgan fingerprint density at radius 2 is 0.908 bits per heavy atom. The average molecular weight is 969 g/mol. The van der Waals surface area contributed by atoms with Crippen molar-refractivity contribution in [2.24, 2.45) is 5.92 Å². The Bertz CT molecular complexity index is 4180. The number of benzene rings is 10. The van der Waals surface area contributed by atoms with Crippen LogP contribution in [0.1, 0.15) is 68.8 Å². The summed E-state index contributed by atoms with van der Waals surface area (Å²) < 4.78 is 2.47. The van der Waals surface area contributed by atoms with Crippen LogP contribution in [0.2, 0.25) is 0 Å². The van der Waals surface area contributed by atoms with E-state index in [-0.39, 0.29) is 11.3 Å². The second kappa shape index (κ2) is 16.6. The Morgan fingerprint density at radius 1 is 0.395 bits per heavy atom. The van der Waals surface area contributed by atoms with Crippen molar-refractivity contribution >= 4 is 50.1 Å². The Labute approximate surface area is 444 Å². The minimum atomic E-state index is -0.454. The van der Waals surface area contributed by atoms with Gasteiger partial charge in [-0.2, -0.15) is 0 Å². The Hall–Kier alpha value is -9.24. The molecular weight excluding hydrogens is 917 g/mol. The van der Waals surface area contributed by atoms with Gasteiger partial charge < -0.3 is 9.47 Å². The van der Waals surface area contributed by atoms with Gasteiger partial charge in [0.25, 0.3) is 0 Å². The number of nitrogens with zero attached hydrogens (tertiary/aromatic N) is 2. The third-order valence-electron chi connectivity index (χ3n) is 17.9. The van der Waals surface area contributed by atoms with Crippen molar-refractivity contribution in [2.45, 2.75) is 29.6 Å². The molecule has 0 N–H and O–H groups in total. The Kier molecular flexibility index (Phi) is 9.45. The van der Waals surface area contributed by atoms with E-state index in [1.54, 1.807) is 0 Å². The van der Waals surface area contributed by atoms with Gasteiger partial charge in [-0.15, -0.1) is 0 Å². The van der Waals surface area contributed by atoms with E-state index < -0.39 is 5.41 Å². The van der Waals surface area contributed by atoms with E-state index >= 15 is 0 Å². The SMILES string of the molecule is C1=CC2c3ccccc3C(c3ccccc3)(c3ccc(N(c4ccc(C5=CC=C(n6c7ccccc7c7ccccc76)CC5)cc4)c4ccc5c(c4)C4(c6ccccc6-c6ccccc64)c4ccccc4-5)cc3)C2C=C1. The molecule has 0 radical (unpaired) electrons. The molecule has 0 bridgehead atoms. The average Bonchev–Trinajstić information content (AvgIpc) is 4.39. The molecule has 5 aliphatic carbocycles.